The van der Waals surface area contributed by atoms with E-state index in [1.54, 1.807) is 20.8 Å². The highest BCUT2D eigenvalue weighted by Crippen LogP contribution is 2.38. The molecule has 2 amide bonds. The third-order valence-electron chi connectivity index (χ3n) is 3.26. The van der Waals surface area contributed by atoms with Gasteiger partial charge in [-0.25, -0.2) is 20.0 Å². The van der Waals surface area contributed by atoms with E-state index in [1.807, 2.05) is 13.8 Å². The van der Waals surface area contributed by atoms with Gasteiger partial charge in [0.05, 0.1) is 13.2 Å². The lowest BCUT2D eigenvalue weighted by Crippen LogP contribution is -2.54. The number of nitrogens with zero attached hydrogens (tertiary/aromatic N) is 1. The Morgan fingerprint density at radius 3 is 1.96 bits per heavy atom. The second-order valence-electron chi connectivity index (χ2n) is 7.74. The van der Waals surface area contributed by atoms with Crippen molar-refractivity contribution in [2.24, 2.45) is 5.41 Å². The van der Waals surface area contributed by atoms with Crippen LogP contribution in [0, 0.1) is 5.41 Å². The van der Waals surface area contributed by atoms with Gasteiger partial charge in [0, 0.05) is 4.75 Å². The van der Waals surface area contributed by atoms with Gasteiger partial charge in [0.15, 0.2) is 0 Å². The molecular formula is C18H34N2O5S. The van der Waals surface area contributed by atoms with Gasteiger partial charge in [-0.05, 0) is 32.1 Å². The number of carbonyl (C=O) groups excluding carboxylic acids is 3. The van der Waals surface area contributed by atoms with Crippen molar-refractivity contribution in [1.82, 2.24) is 10.4 Å². The molecule has 0 spiro atoms. The van der Waals surface area contributed by atoms with Crippen LogP contribution in [0.1, 0.15) is 68.2 Å². The smallest absolute Gasteiger partial charge is 0.429 e. The van der Waals surface area contributed by atoms with Crippen LogP contribution in [-0.4, -0.2) is 46.3 Å². The van der Waals surface area contributed by atoms with E-state index in [0.29, 0.717) is 6.42 Å². The van der Waals surface area contributed by atoms with Gasteiger partial charge in [-0.15, -0.1) is 0 Å². The van der Waals surface area contributed by atoms with Crippen molar-refractivity contribution in [3.8, 4) is 0 Å². The predicted molar refractivity (Wildman–Crippen MR) is 104 cm³/mol. The Morgan fingerprint density at radius 2 is 1.54 bits per heavy atom. The molecule has 0 fully saturated rings. The summed E-state index contributed by atoms with van der Waals surface area (Å²) in [6, 6.07) is -0.845. The summed E-state index contributed by atoms with van der Waals surface area (Å²) < 4.78 is 9.49. The van der Waals surface area contributed by atoms with Gasteiger partial charge in [-0.1, -0.05) is 53.3 Å². The fraction of sp³-hybridized carbons (Fsp3) is 0.833. The zero-order valence-corrected chi connectivity index (χ0v) is 18.1. The highest BCUT2D eigenvalue weighted by atomic mass is 32.2. The third kappa shape index (κ3) is 9.31. The van der Waals surface area contributed by atoms with Crippen molar-refractivity contribution in [2.45, 2.75) is 79.0 Å². The van der Waals surface area contributed by atoms with Crippen LogP contribution in [0.5, 0.6) is 0 Å². The van der Waals surface area contributed by atoms with E-state index in [9.17, 15) is 14.4 Å². The second kappa shape index (κ2) is 10.6. The van der Waals surface area contributed by atoms with Crippen LogP contribution in [-0.2, 0) is 14.3 Å². The minimum Gasteiger partial charge on any atom is -0.449 e. The Hall–Kier alpha value is -1.44. The number of carbonyl (C=O) groups is 3. The molecule has 0 heterocycles. The molecule has 1 atom stereocenters. The van der Waals surface area contributed by atoms with Crippen molar-refractivity contribution in [1.29, 1.82) is 0 Å². The molecule has 7 nitrogen and oxygen atoms in total. The van der Waals surface area contributed by atoms with Crippen molar-refractivity contribution >= 4 is 29.1 Å². The van der Waals surface area contributed by atoms with Gasteiger partial charge in [-0.2, -0.15) is 0 Å². The first-order valence-corrected chi connectivity index (χ1v) is 9.80. The molecule has 8 heteroatoms. The Balaban J connectivity index is 5.36. The molecule has 0 bridgehead atoms. The molecule has 0 aliphatic heterocycles. The van der Waals surface area contributed by atoms with Crippen LogP contribution in [0.15, 0.2) is 0 Å². The summed E-state index contributed by atoms with van der Waals surface area (Å²) in [5.74, 6) is 0. The molecule has 0 radical (unpaired) electrons. The van der Waals surface area contributed by atoms with E-state index in [2.05, 4.69) is 26.2 Å². The van der Waals surface area contributed by atoms with Gasteiger partial charge in [-0.3, -0.25) is 4.79 Å². The maximum absolute atomic E-state index is 12.9. The molecule has 26 heavy (non-hydrogen) atoms. The maximum atomic E-state index is 12.9. The summed E-state index contributed by atoms with van der Waals surface area (Å²) in [7, 11) is 0. The molecule has 0 aromatic heterocycles. The largest absolute Gasteiger partial charge is 0.449 e. The highest BCUT2D eigenvalue weighted by molar-refractivity contribution is 8.14. The van der Waals surface area contributed by atoms with Gasteiger partial charge in [0.25, 0.3) is 0 Å². The van der Waals surface area contributed by atoms with Crippen LogP contribution < -0.4 is 5.43 Å². The van der Waals surface area contributed by atoms with E-state index in [0.717, 1.165) is 11.4 Å². The fourth-order valence-corrected chi connectivity index (χ4v) is 4.27. The molecule has 0 saturated heterocycles. The van der Waals surface area contributed by atoms with Crippen molar-refractivity contribution < 1.29 is 23.9 Å². The Labute approximate surface area is 161 Å². The lowest BCUT2D eigenvalue weighted by molar-refractivity contribution is -0.116. The van der Waals surface area contributed by atoms with Crippen LogP contribution in [0.2, 0.25) is 0 Å². The highest BCUT2D eigenvalue weighted by Gasteiger charge is 2.36. The topological polar surface area (TPSA) is 84.9 Å². The average molecular weight is 391 g/mol. The number of hydrazine groups is 1. The Kier molecular flexibility index (Phi) is 10.1. The van der Waals surface area contributed by atoms with Crippen LogP contribution in [0.25, 0.3) is 0 Å². The molecule has 0 aromatic rings. The molecule has 0 aliphatic carbocycles. The Bertz CT molecular complexity index is 488. The number of rotatable bonds is 7. The monoisotopic (exact) mass is 390 g/mol. The van der Waals surface area contributed by atoms with E-state index in [1.165, 1.54) is 11.8 Å². The van der Waals surface area contributed by atoms with Gasteiger partial charge >= 0.3 is 12.2 Å². The molecular weight excluding hydrogens is 356 g/mol. The van der Waals surface area contributed by atoms with E-state index in [-0.39, 0.29) is 28.5 Å². The maximum Gasteiger partial charge on any atom is 0.429 e. The first-order valence-electron chi connectivity index (χ1n) is 8.99. The molecule has 152 valence electrons. The standard InChI is InChI=1S/C18H34N2O5S/c1-9-13(14(21)26-18(7,8)12-17(4,5)6)20(16(23)25-11-3)19-15(22)24-10-2/h13H,9-12H2,1-8H3,(H,19,22)/t13-/m0/s1. The van der Waals surface area contributed by atoms with Crippen LogP contribution >= 0.6 is 11.8 Å². The number of hydrogen-bond acceptors (Lipinski definition) is 6. The van der Waals surface area contributed by atoms with Crippen LogP contribution in [0.4, 0.5) is 9.59 Å². The van der Waals surface area contributed by atoms with Gasteiger partial charge < -0.3 is 9.47 Å². The first-order chi connectivity index (χ1) is 11.9. The average Bonchev–Trinajstić information content (AvgIpc) is 2.44. The number of hydrogen-bond donors (Lipinski definition) is 1. The quantitative estimate of drug-likeness (QED) is 0.650. The summed E-state index contributed by atoms with van der Waals surface area (Å²) >= 11 is 1.19. The minimum atomic E-state index is -0.845. The molecule has 0 rings (SSSR count). The van der Waals surface area contributed by atoms with Crippen molar-refractivity contribution in [3.05, 3.63) is 0 Å². The number of thioether (sulfide) groups is 1. The summed E-state index contributed by atoms with van der Waals surface area (Å²) in [6.45, 7) is 15.7. The molecule has 0 unspecified atom stereocenters. The Morgan fingerprint density at radius 1 is 1.00 bits per heavy atom. The molecule has 0 saturated carbocycles. The number of nitrogens with one attached hydrogen (secondary N) is 1. The van der Waals surface area contributed by atoms with E-state index in [4.69, 9.17) is 9.47 Å². The second-order valence-corrected chi connectivity index (χ2v) is 9.46. The summed E-state index contributed by atoms with van der Waals surface area (Å²) in [4.78, 5) is 36.9. The fourth-order valence-electron chi connectivity index (χ4n) is 2.81. The SMILES string of the molecule is CCOC(=O)NN(C(=O)OCC)[C@@H](CC)C(=O)SC(C)(C)CC(C)(C)C. The van der Waals surface area contributed by atoms with Crippen molar-refractivity contribution in [3.63, 3.8) is 0 Å². The lowest BCUT2D eigenvalue weighted by Gasteiger charge is -2.34. The normalized spacial score (nSPS) is 12.9. The van der Waals surface area contributed by atoms with Crippen molar-refractivity contribution in [2.75, 3.05) is 13.2 Å². The zero-order valence-electron chi connectivity index (χ0n) is 17.3. The lowest BCUT2D eigenvalue weighted by atomic mass is 9.86. The van der Waals surface area contributed by atoms with Gasteiger partial charge in [0.1, 0.15) is 6.04 Å². The van der Waals surface area contributed by atoms with E-state index < -0.39 is 18.2 Å². The summed E-state index contributed by atoms with van der Waals surface area (Å²) in [5.41, 5.74) is 2.39. The first kappa shape index (κ1) is 24.6. The number of amides is 2. The number of ether oxygens (including phenoxy) is 2. The predicted octanol–water partition coefficient (Wildman–Crippen LogP) is 4.36. The molecule has 1 N–H and O–H groups in total. The third-order valence-corrected chi connectivity index (χ3v) is 4.43. The summed E-state index contributed by atoms with van der Waals surface area (Å²) in [5, 5.41) is 0.732. The molecule has 0 aliphatic rings. The zero-order chi connectivity index (χ0) is 20.5. The molecule has 0 aromatic carbocycles. The summed E-state index contributed by atoms with van der Waals surface area (Å²) in [6.07, 6.45) is -0.430. The van der Waals surface area contributed by atoms with E-state index >= 15 is 0 Å². The van der Waals surface area contributed by atoms with Gasteiger partial charge in [0.2, 0.25) is 5.12 Å². The minimum absolute atomic E-state index is 0.0580. The van der Waals surface area contributed by atoms with Crippen LogP contribution in [0.3, 0.4) is 0 Å².